The van der Waals surface area contributed by atoms with Crippen molar-refractivity contribution in [1.82, 2.24) is 5.32 Å². The summed E-state index contributed by atoms with van der Waals surface area (Å²) in [6, 6.07) is 2.58. The van der Waals surface area contributed by atoms with Crippen molar-refractivity contribution < 1.29 is 4.74 Å². The van der Waals surface area contributed by atoms with Crippen LogP contribution in [0.2, 0.25) is 0 Å². The number of likely N-dealkylation sites (N-methyl/N-ethyl adjacent to an activating group) is 1. The van der Waals surface area contributed by atoms with Gasteiger partial charge in [-0.3, -0.25) is 0 Å². The van der Waals surface area contributed by atoms with Gasteiger partial charge in [0.05, 0.1) is 5.60 Å². The molecule has 0 amide bonds. The largest absolute Gasteiger partial charge is 0.377 e. The highest BCUT2D eigenvalue weighted by Gasteiger charge is 2.27. The van der Waals surface area contributed by atoms with Crippen LogP contribution in [0.15, 0.2) is 16.8 Å². The highest BCUT2D eigenvalue weighted by Crippen LogP contribution is 2.19. The van der Waals surface area contributed by atoms with E-state index in [1.54, 1.807) is 18.4 Å². The number of rotatable bonds is 6. The lowest BCUT2D eigenvalue weighted by Crippen LogP contribution is -2.46. The van der Waals surface area contributed by atoms with Gasteiger partial charge in [0, 0.05) is 13.2 Å². The smallest absolute Gasteiger partial charge is 0.0775 e. The van der Waals surface area contributed by atoms with Crippen LogP contribution in [0, 0.1) is 0 Å². The molecule has 1 aromatic rings. The zero-order valence-electron chi connectivity index (χ0n) is 10.0. The van der Waals surface area contributed by atoms with E-state index in [1.807, 2.05) is 7.05 Å². The SMILES string of the molecule is CNC(CCc1ccsc1)C(C)(C)OC. The van der Waals surface area contributed by atoms with Crippen LogP contribution >= 0.6 is 11.3 Å². The van der Waals surface area contributed by atoms with Crippen molar-refractivity contribution in [1.29, 1.82) is 0 Å². The van der Waals surface area contributed by atoms with Crippen molar-refractivity contribution in [3.05, 3.63) is 22.4 Å². The molecule has 0 spiro atoms. The Kier molecular flexibility index (Phi) is 4.77. The van der Waals surface area contributed by atoms with Gasteiger partial charge < -0.3 is 10.1 Å². The number of methoxy groups -OCH3 is 1. The molecule has 1 atom stereocenters. The second kappa shape index (κ2) is 5.64. The lowest BCUT2D eigenvalue weighted by Gasteiger charge is -2.32. The molecule has 0 radical (unpaired) electrons. The van der Waals surface area contributed by atoms with Crippen LogP contribution in [0.3, 0.4) is 0 Å². The maximum Gasteiger partial charge on any atom is 0.0775 e. The van der Waals surface area contributed by atoms with E-state index in [0.29, 0.717) is 6.04 Å². The molecule has 3 heteroatoms. The van der Waals surface area contributed by atoms with Gasteiger partial charge in [-0.2, -0.15) is 11.3 Å². The predicted molar refractivity (Wildman–Crippen MR) is 66.6 cm³/mol. The Hall–Kier alpha value is -0.380. The number of thiophene rings is 1. The summed E-state index contributed by atoms with van der Waals surface area (Å²) in [6.45, 7) is 4.25. The molecule has 0 saturated heterocycles. The standard InChI is InChI=1S/C12H21NOS/c1-12(2,14-4)11(13-3)6-5-10-7-8-15-9-10/h7-9,11,13H,5-6H2,1-4H3. The second-order valence-corrected chi connectivity index (χ2v) is 5.10. The molecule has 0 aliphatic carbocycles. The summed E-state index contributed by atoms with van der Waals surface area (Å²) in [5.74, 6) is 0. The van der Waals surface area contributed by atoms with E-state index < -0.39 is 0 Å². The van der Waals surface area contributed by atoms with Crippen LogP contribution in [0.4, 0.5) is 0 Å². The van der Waals surface area contributed by atoms with Gasteiger partial charge in [0.15, 0.2) is 0 Å². The number of ether oxygens (including phenoxy) is 1. The highest BCUT2D eigenvalue weighted by molar-refractivity contribution is 7.07. The fourth-order valence-electron chi connectivity index (χ4n) is 1.73. The zero-order valence-corrected chi connectivity index (χ0v) is 10.9. The monoisotopic (exact) mass is 227 g/mol. The van der Waals surface area contributed by atoms with Crippen LogP contribution in [0.5, 0.6) is 0 Å². The average molecular weight is 227 g/mol. The average Bonchev–Trinajstić information content (AvgIpc) is 2.71. The van der Waals surface area contributed by atoms with Crippen LogP contribution in [0.25, 0.3) is 0 Å². The first kappa shape index (κ1) is 12.7. The van der Waals surface area contributed by atoms with Crippen molar-refractivity contribution in [2.75, 3.05) is 14.2 Å². The van der Waals surface area contributed by atoms with Crippen molar-refractivity contribution in [2.24, 2.45) is 0 Å². The summed E-state index contributed by atoms with van der Waals surface area (Å²) in [5.41, 5.74) is 1.32. The van der Waals surface area contributed by atoms with E-state index >= 15 is 0 Å². The minimum absolute atomic E-state index is 0.106. The van der Waals surface area contributed by atoms with Crippen molar-refractivity contribution in [3.63, 3.8) is 0 Å². The van der Waals surface area contributed by atoms with Crippen LogP contribution in [0.1, 0.15) is 25.8 Å². The van der Waals surface area contributed by atoms with Gasteiger partial charge in [0.1, 0.15) is 0 Å². The van der Waals surface area contributed by atoms with Crippen molar-refractivity contribution >= 4 is 11.3 Å². The van der Waals surface area contributed by atoms with Crippen molar-refractivity contribution in [2.45, 2.75) is 38.3 Å². The van der Waals surface area contributed by atoms with E-state index in [0.717, 1.165) is 12.8 Å². The van der Waals surface area contributed by atoms with Gasteiger partial charge in [-0.1, -0.05) is 0 Å². The molecule has 1 rings (SSSR count). The summed E-state index contributed by atoms with van der Waals surface area (Å²) in [4.78, 5) is 0. The second-order valence-electron chi connectivity index (χ2n) is 4.32. The molecule has 0 bridgehead atoms. The molecule has 0 aliphatic rings. The Morgan fingerprint density at radius 3 is 2.73 bits per heavy atom. The molecule has 1 unspecified atom stereocenters. The molecule has 1 aromatic heterocycles. The molecule has 2 nitrogen and oxygen atoms in total. The molecule has 0 aromatic carbocycles. The van der Waals surface area contributed by atoms with Gasteiger partial charge in [-0.05, 0) is 56.1 Å². The molecule has 1 heterocycles. The molecule has 0 aliphatic heterocycles. The van der Waals surface area contributed by atoms with E-state index in [9.17, 15) is 0 Å². The topological polar surface area (TPSA) is 21.3 Å². The van der Waals surface area contributed by atoms with Gasteiger partial charge >= 0.3 is 0 Å². The summed E-state index contributed by atoms with van der Waals surface area (Å²) in [5, 5.41) is 7.68. The minimum Gasteiger partial charge on any atom is -0.377 e. The van der Waals surface area contributed by atoms with Gasteiger partial charge in [-0.15, -0.1) is 0 Å². The number of hydrogen-bond donors (Lipinski definition) is 1. The molecular formula is C12H21NOS. The van der Waals surface area contributed by atoms with Crippen molar-refractivity contribution in [3.8, 4) is 0 Å². The normalized spacial score (nSPS) is 14.1. The quantitative estimate of drug-likeness (QED) is 0.807. The summed E-state index contributed by atoms with van der Waals surface area (Å²) in [6.07, 6.45) is 2.22. The first-order valence-electron chi connectivity index (χ1n) is 5.33. The molecule has 0 fully saturated rings. The van der Waals surface area contributed by atoms with Crippen LogP contribution < -0.4 is 5.32 Å². The number of nitrogens with one attached hydrogen (secondary N) is 1. The first-order chi connectivity index (χ1) is 7.10. The summed E-state index contributed by atoms with van der Waals surface area (Å²) >= 11 is 1.76. The minimum atomic E-state index is -0.106. The van der Waals surface area contributed by atoms with E-state index in [2.05, 4.69) is 36.0 Å². The Morgan fingerprint density at radius 2 is 2.27 bits per heavy atom. The van der Waals surface area contributed by atoms with Crippen LogP contribution in [-0.4, -0.2) is 25.8 Å². The van der Waals surface area contributed by atoms with Crippen LogP contribution in [-0.2, 0) is 11.2 Å². The number of aryl methyl sites for hydroxylation is 1. The van der Waals surface area contributed by atoms with Gasteiger partial charge in [-0.25, -0.2) is 0 Å². The Morgan fingerprint density at radius 1 is 1.53 bits per heavy atom. The third-order valence-electron chi connectivity index (χ3n) is 3.02. The van der Waals surface area contributed by atoms with Gasteiger partial charge in [0.2, 0.25) is 0 Å². The van der Waals surface area contributed by atoms with Gasteiger partial charge in [0.25, 0.3) is 0 Å². The van der Waals surface area contributed by atoms with E-state index in [4.69, 9.17) is 4.74 Å². The van der Waals surface area contributed by atoms with E-state index in [1.165, 1.54) is 5.56 Å². The fraction of sp³-hybridized carbons (Fsp3) is 0.667. The first-order valence-corrected chi connectivity index (χ1v) is 6.28. The Balaban J connectivity index is 2.47. The molecule has 15 heavy (non-hydrogen) atoms. The predicted octanol–water partition coefficient (Wildman–Crippen LogP) is 2.69. The third kappa shape index (κ3) is 3.59. The third-order valence-corrected chi connectivity index (χ3v) is 3.75. The lowest BCUT2D eigenvalue weighted by molar-refractivity contribution is -0.0103. The summed E-state index contributed by atoms with van der Waals surface area (Å²) < 4.78 is 5.50. The molecular weight excluding hydrogens is 206 g/mol. The Bertz CT molecular complexity index is 269. The summed E-state index contributed by atoms with van der Waals surface area (Å²) in [7, 11) is 3.77. The molecule has 0 saturated carbocycles. The molecule has 86 valence electrons. The molecule has 1 N–H and O–H groups in total. The highest BCUT2D eigenvalue weighted by atomic mass is 32.1. The number of hydrogen-bond acceptors (Lipinski definition) is 3. The maximum atomic E-state index is 5.50. The Labute approximate surface area is 96.7 Å². The maximum absolute atomic E-state index is 5.50. The van der Waals surface area contributed by atoms with E-state index in [-0.39, 0.29) is 5.60 Å². The zero-order chi connectivity index (χ0) is 11.3. The fourth-order valence-corrected chi connectivity index (χ4v) is 2.43. The lowest BCUT2D eigenvalue weighted by atomic mass is 9.93.